The molecule has 4 rings (SSSR count). The van der Waals surface area contributed by atoms with E-state index in [1.54, 1.807) is 17.1 Å². The van der Waals surface area contributed by atoms with Crippen LogP contribution in [0.15, 0.2) is 24.5 Å². The van der Waals surface area contributed by atoms with E-state index in [1.165, 1.54) is 24.2 Å². The van der Waals surface area contributed by atoms with E-state index in [9.17, 15) is 9.59 Å². The number of carbonyl (C=O) groups is 2. The molecule has 1 fully saturated rings. The van der Waals surface area contributed by atoms with Crippen molar-refractivity contribution < 1.29 is 9.59 Å². The zero-order valence-corrected chi connectivity index (χ0v) is 18.8. The van der Waals surface area contributed by atoms with Crippen LogP contribution in [0.1, 0.15) is 62.2 Å². The lowest BCUT2D eigenvalue weighted by molar-refractivity contribution is 0.0940. The molecule has 0 aliphatic heterocycles. The predicted molar refractivity (Wildman–Crippen MR) is 118 cm³/mol. The third kappa shape index (κ3) is 6.39. The lowest BCUT2D eigenvalue weighted by atomic mass is 10.2. The van der Waals surface area contributed by atoms with Crippen molar-refractivity contribution in [3.63, 3.8) is 0 Å². The van der Waals surface area contributed by atoms with Crippen LogP contribution in [0.3, 0.4) is 0 Å². The number of hydrogen-bond acceptors (Lipinski definition) is 8. The molecule has 0 atom stereocenters. The first-order valence-electron chi connectivity index (χ1n) is 10.8. The maximum atomic E-state index is 12.3. The lowest BCUT2D eigenvalue weighted by Crippen LogP contribution is -2.25. The van der Waals surface area contributed by atoms with E-state index in [-0.39, 0.29) is 17.5 Å². The van der Waals surface area contributed by atoms with Crippen molar-refractivity contribution >= 4 is 23.2 Å². The number of amides is 2. The third-order valence-electron chi connectivity index (χ3n) is 5.13. The highest BCUT2D eigenvalue weighted by Gasteiger charge is 2.22. The molecule has 3 aromatic heterocycles. The van der Waals surface area contributed by atoms with Crippen LogP contribution in [0.4, 0.5) is 0 Å². The van der Waals surface area contributed by atoms with Gasteiger partial charge < -0.3 is 10.6 Å². The summed E-state index contributed by atoms with van der Waals surface area (Å²) in [7, 11) is 0. The number of nitrogens with one attached hydrogen (secondary N) is 2. The molecule has 0 spiro atoms. The van der Waals surface area contributed by atoms with E-state index in [1.807, 2.05) is 19.1 Å². The molecule has 11 heteroatoms. The Kier molecular flexibility index (Phi) is 7.15. The summed E-state index contributed by atoms with van der Waals surface area (Å²) in [6.45, 7) is 3.69. The Morgan fingerprint density at radius 2 is 2.00 bits per heavy atom. The van der Waals surface area contributed by atoms with Gasteiger partial charge in [0.1, 0.15) is 5.01 Å². The Labute approximate surface area is 189 Å². The Balaban J connectivity index is 1.15. The standard InChI is InChI=1S/C21H26N8O2S/c1-14-5-6-16(11-22-14)12-23-19(30)17-13-29(28-25-17)9-3-2-4-18-26-27-21(32-18)20(31)24-10-15-7-8-15/h5-6,11,13,15H,2-4,7-10,12H2,1H3,(H,23,30)(H,24,31). The number of pyridine rings is 1. The van der Waals surface area contributed by atoms with Crippen LogP contribution in [-0.4, -0.2) is 48.5 Å². The fraction of sp³-hybridized carbons (Fsp3) is 0.476. The van der Waals surface area contributed by atoms with Gasteiger partial charge in [0, 0.05) is 37.9 Å². The van der Waals surface area contributed by atoms with Crippen LogP contribution < -0.4 is 10.6 Å². The van der Waals surface area contributed by atoms with Gasteiger partial charge in [0.25, 0.3) is 11.8 Å². The van der Waals surface area contributed by atoms with E-state index in [0.29, 0.717) is 24.0 Å². The average Bonchev–Trinajstić information content (AvgIpc) is 3.30. The van der Waals surface area contributed by atoms with Crippen LogP contribution in [0.5, 0.6) is 0 Å². The first-order valence-corrected chi connectivity index (χ1v) is 11.6. The minimum atomic E-state index is -0.266. The largest absolute Gasteiger partial charge is 0.350 e. The summed E-state index contributed by atoms with van der Waals surface area (Å²) >= 11 is 1.35. The van der Waals surface area contributed by atoms with Gasteiger partial charge in [0.15, 0.2) is 5.69 Å². The molecular formula is C21H26N8O2S. The molecule has 1 aliphatic carbocycles. The lowest BCUT2D eigenvalue weighted by Gasteiger charge is -2.03. The van der Waals surface area contributed by atoms with Crippen LogP contribution in [0.25, 0.3) is 0 Å². The second kappa shape index (κ2) is 10.4. The molecule has 3 aromatic rings. The van der Waals surface area contributed by atoms with Gasteiger partial charge >= 0.3 is 0 Å². The number of aryl methyl sites for hydroxylation is 3. The molecule has 2 N–H and O–H groups in total. The molecule has 1 saturated carbocycles. The second-order valence-electron chi connectivity index (χ2n) is 7.97. The number of rotatable bonds is 11. The average molecular weight is 455 g/mol. The Morgan fingerprint density at radius 1 is 1.12 bits per heavy atom. The molecule has 0 radical (unpaired) electrons. The predicted octanol–water partition coefficient (Wildman–Crippen LogP) is 1.93. The first kappa shape index (κ1) is 22.0. The molecule has 168 valence electrons. The highest BCUT2D eigenvalue weighted by Crippen LogP contribution is 2.27. The van der Waals surface area contributed by atoms with Crippen molar-refractivity contribution in [2.24, 2.45) is 5.92 Å². The van der Waals surface area contributed by atoms with Gasteiger partial charge in [-0.15, -0.1) is 15.3 Å². The van der Waals surface area contributed by atoms with Crippen LogP contribution in [-0.2, 0) is 19.5 Å². The maximum absolute atomic E-state index is 12.3. The molecule has 3 heterocycles. The summed E-state index contributed by atoms with van der Waals surface area (Å²) in [5, 5.41) is 23.1. The summed E-state index contributed by atoms with van der Waals surface area (Å²) in [4.78, 5) is 28.5. The summed E-state index contributed by atoms with van der Waals surface area (Å²) in [6, 6.07) is 3.84. The van der Waals surface area contributed by atoms with Gasteiger partial charge in [-0.2, -0.15) is 0 Å². The molecular weight excluding hydrogens is 428 g/mol. The van der Waals surface area contributed by atoms with Gasteiger partial charge in [-0.05, 0) is 50.2 Å². The van der Waals surface area contributed by atoms with E-state index >= 15 is 0 Å². The zero-order valence-electron chi connectivity index (χ0n) is 18.0. The highest BCUT2D eigenvalue weighted by molar-refractivity contribution is 7.13. The second-order valence-corrected chi connectivity index (χ2v) is 9.03. The normalized spacial score (nSPS) is 13.2. The van der Waals surface area contributed by atoms with E-state index in [0.717, 1.165) is 42.1 Å². The minimum Gasteiger partial charge on any atom is -0.350 e. The summed E-state index contributed by atoms with van der Waals surface area (Å²) in [5.41, 5.74) is 2.15. The number of carbonyl (C=O) groups excluding carboxylic acids is 2. The van der Waals surface area contributed by atoms with Crippen molar-refractivity contribution in [3.8, 4) is 0 Å². The summed E-state index contributed by atoms with van der Waals surface area (Å²) < 4.78 is 1.67. The third-order valence-corrected chi connectivity index (χ3v) is 6.12. The first-order chi connectivity index (χ1) is 15.6. The summed E-state index contributed by atoms with van der Waals surface area (Å²) in [5.74, 6) is 0.242. The zero-order chi connectivity index (χ0) is 22.3. The van der Waals surface area contributed by atoms with E-state index in [2.05, 4.69) is 36.1 Å². The van der Waals surface area contributed by atoms with Gasteiger partial charge in [-0.3, -0.25) is 19.3 Å². The summed E-state index contributed by atoms with van der Waals surface area (Å²) in [6.07, 6.45) is 8.27. The van der Waals surface area contributed by atoms with E-state index in [4.69, 9.17) is 0 Å². The SMILES string of the molecule is Cc1ccc(CNC(=O)c2cn(CCCCc3nnc(C(=O)NCC4CC4)s3)nn2)cn1. The molecule has 2 amide bonds. The maximum Gasteiger partial charge on any atom is 0.282 e. The molecule has 0 aromatic carbocycles. The van der Waals surface area contributed by atoms with Crippen molar-refractivity contribution in [2.75, 3.05) is 6.54 Å². The Hall–Kier alpha value is -3.21. The number of aromatic nitrogens is 6. The molecule has 1 aliphatic rings. The number of unbranched alkanes of at least 4 members (excludes halogenated alkanes) is 1. The Morgan fingerprint density at radius 3 is 2.78 bits per heavy atom. The van der Waals surface area contributed by atoms with E-state index < -0.39 is 0 Å². The van der Waals surface area contributed by atoms with Crippen molar-refractivity contribution in [1.82, 2.24) is 40.8 Å². The smallest absolute Gasteiger partial charge is 0.282 e. The molecule has 10 nitrogen and oxygen atoms in total. The van der Waals surface area contributed by atoms with Crippen LogP contribution in [0, 0.1) is 12.8 Å². The van der Waals surface area contributed by atoms with Crippen LogP contribution in [0.2, 0.25) is 0 Å². The quantitative estimate of drug-likeness (QED) is 0.424. The topological polar surface area (TPSA) is 128 Å². The molecule has 0 unspecified atom stereocenters. The monoisotopic (exact) mass is 454 g/mol. The van der Waals surface area contributed by atoms with Crippen molar-refractivity contribution in [1.29, 1.82) is 0 Å². The fourth-order valence-corrected chi connectivity index (χ4v) is 3.82. The van der Waals surface area contributed by atoms with Gasteiger partial charge in [0.2, 0.25) is 5.01 Å². The van der Waals surface area contributed by atoms with Gasteiger partial charge in [-0.25, -0.2) is 0 Å². The van der Waals surface area contributed by atoms with Crippen molar-refractivity contribution in [3.05, 3.63) is 51.5 Å². The fourth-order valence-electron chi connectivity index (χ4n) is 3.02. The molecule has 0 saturated heterocycles. The minimum absolute atomic E-state index is 0.132. The van der Waals surface area contributed by atoms with Gasteiger partial charge in [-0.1, -0.05) is 22.6 Å². The number of nitrogens with zero attached hydrogens (tertiary/aromatic N) is 6. The highest BCUT2D eigenvalue weighted by atomic mass is 32.1. The van der Waals surface area contributed by atoms with Crippen LogP contribution >= 0.6 is 11.3 Å². The van der Waals surface area contributed by atoms with Crippen molar-refractivity contribution in [2.45, 2.75) is 52.1 Å². The number of hydrogen-bond donors (Lipinski definition) is 2. The molecule has 32 heavy (non-hydrogen) atoms. The van der Waals surface area contributed by atoms with Gasteiger partial charge in [0.05, 0.1) is 6.20 Å². The Bertz CT molecular complexity index is 1060. The molecule has 0 bridgehead atoms.